The van der Waals surface area contributed by atoms with E-state index in [9.17, 15) is 19.2 Å². The third-order valence-corrected chi connectivity index (χ3v) is 6.30. The molecule has 8 heteroatoms. The van der Waals surface area contributed by atoms with Gasteiger partial charge in [0.05, 0.1) is 0 Å². The first kappa shape index (κ1) is 19.6. The number of imide groups is 1. The van der Waals surface area contributed by atoms with E-state index in [1.54, 1.807) is 0 Å². The standard InChI is InChI=1S/C19H30N4O4/c1-2-19(8-3-4-9-19)17(26)21-14-7-5-6-13(10-14)20-15(24)11-23-12-16(25)22-18(23)27/h13-14H,2-12H2,1H3,(H,20,24)(H,21,26)(H,22,25,27)/t13-,14-/m1/s1. The van der Waals surface area contributed by atoms with E-state index in [0.29, 0.717) is 6.42 Å². The minimum absolute atomic E-state index is 0.0147. The molecule has 1 saturated heterocycles. The van der Waals surface area contributed by atoms with E-state index in [4.69, 9.17) is 0 Å². The number of rotatable bonds is 6. The van der Waals surface area contributed by atoms with Gasteiger partial charge in [-0.05, 0) is 44.9 Å². The number of nitrogens with zero attached hydrogens (tertiary/aromatic N) is 1. The molecule has 0 aromatic carbocycles. The summed E-state index contributed by atoms with van der Waals surface area (Å²) in [6.07, 6.45) is 8.51. The van der Waals surface area contributed by atoms with E-state index in [0.717, 1.165) is 51.4 Å². The minimum Gasteiger partial charge on any atom is -0.353 e. The highest BCUT2D eigenvalue weighted by Gasteiger charge is 2.40. The zero-order valence-corrected chi connectivity index (χ0v) is 16.0. The van der Waals surface area contributed by atoms with Gasteiger partial charge < -0.3 is 15.5 Å². The fourth-order valence-corrected chi connectivity index (χ4v) is 4.64. The summed E-state index contributed by atoms with van der Waals surface area (Å²) in [5.74, 6) is -0.477. The van der Waals surface area contributed by atoms with Crippen LogP contribution in [0.4, 0.5) is 4.79 Å². The molecule has 27 heavy (non-hydrogen) atoms. The van der Waals surface area contributed by atoms with Crippen LogP contribution in [0.3, 0.4) is 0 Å². The topological polar surface area (TPSA) is 108 Å². The predicted octanol–water partition coefficient (Wildman–Crippen LogP) is 1.05. The van der Waals surface area contributed by atoms with Gasteiger partial charge in [-0.1, -0.05) is 19.8 Å². The molecule has 3 N–H and O–H groups in total. The monoisotopic (exact) mass is 378 g/mol. The number of carbonyl (C=O) groups is 4. The molecule has 5 amide bonds. The second kappa shape index (κ2) is 8.27. The van der Waals surface area contributed by atoms with Crippen molar-refractivity contribution in [2.45, 2.75) is 76.8 Å². The molecule has 0 unspecified atom stereocenters. The maximum absolute atomic E-state index is 12.8. The number of urea groups is 1. The van der Waals surface area contributed by atoms with Gasteiger partial charge in [-0.2, -0.15) is 0 Å². The van der Waals surface area contributed by atoms with Crippen LogP contribution in [0.1, 0.15) is 64.7 Å². The summed E-state index contributed by atoms with van der Waals surface area (Å²) in [6, 6.07) is -0.457. The third-order valence-electron chi connectivity index (χ3n) is 6.30. The molecule has 0 aromatic heterocycles. The Morgan fingerprint density at radius 3 is 2.37 bits per heavy atom. The smallest absolute Gasteiger partial charge is 0.325 e. The number of hydrogen-bond acceptors (Lipinski definition) is 4. The van der Waals surface area contributed by atoms with Crippen molar-refractivity contribution < 1.29 is 19.2 Å². The summed E-state index contributed by atoms with van der Waals surface area (Å²) in [7, 11) is 0. The number of hydrogen-bond donors (Lipinski definition) is 3. The zero-order chi connectivity index (χ0) is 19.4. The average Bonchev–Trinajstić information content (AvgIpc) is 3.22. The van der Waals surface area contributed by atoms with Crippen LogP contribution in [-0.2, 0) is 14.4 Å². The van der Waals surface area contributed by atoms with Crippen molar-refractivity contribution in [3.63, 3.8) is 0 Å². The maximum Gasteiger partial charge on any atom is 0.325 e. The van der Waals surface area contributed by atoms with Crippen LogP contribution < -0.4 is 16.0 Å². The Bertz CT molecular complexity index is 615. The van der Waals surface area contributed by atoms with Gasteiger partial charge in [-0.15, -0.1) is 0 Å². The molecule has 2 aliphatic carbocycles. The van der Waals surface area contributed by atoms with E-state index >= 15 is 0 Å². The molecule has 0 aromatic rings. The Labute approximate surface area is 159 Å². The van der Waals surface area contributed by atoms with Crippen LogP contribution >= 0.6 is 0 Å². The molecule has 3 aliphatic rings. The summed E-state index contributed by atoms with van der Waals surface area (Å²) in [5.41, 5.74) is -0.203. The number of carbonyl (C=O) groups excluding carboxylic acids is 4. The zero-order valence-electron chi connectivity index (χ0n) is 16.0. The highest BCUT2D eigenvalue weighted by molar-refractivity contribution is 6.03. The summed E-state index contributed by atoms with van der Waals surface area (Å²) in [5, 5.41) is 8.35. The summed E-state index contributed by atoms with van der Waals surface area (Å²) < 4.78 is 0. The fourth-order valence-electron chi connectivity index (χ4n) is 4.64. The second-order valence-electron chi connectivity index (χ2n) is 8.15. The van der Waals surface area contributed by atoms with Gasteiger partial charge in [0.15, 0.2) is 0 Å². The van der Waals surface area contributed by atoms with Crippen LogP contribution in [0, 0.1) is 5.41 Å². The lowest BCUT2D eigenvalue weighted by Gasteiger charge is -2.34. The van der Waals surface area contributed by atoms with E-state index in [2.05, 4.69) is 22.9 Å². The van der Waals surface area contributed by atoms with Gasteiger partial charge in [0.1, 0.15) is 13.1 Å². The maximum atomic E-state index is 12.8. The molecule has 150 valence electrons. The summed E-state index contributed by atoms with van der Waals surface area (Å²) in [6.45, 7) is 1.90. The largest absolute Gasteiger partial charge is 0.353 e. The molecule has 8 nitrogen and oxygen atoms in total. The molecule has 0 spiro atoms. The molecule has 2 atom stereocenters. The lowest BCUT2D eigenvalue weighted by atomic mass is 9.81. The molecule has 1 heterocycles. The van der Waals surface area contributed by atoms with Crippen LogP contribution in [0.5, 0.6) is 0 Å². The SMILES string of the molecule is CCC1(C(=O)N[C@@H]2CCC[C@@H](NC(=O)CN3CC(=O)NC3=O)C2)CCCC1. The van der Waals surface area contributed by atoms with E-state index < -0.39 is 6.03 Å². The Hall–Kier alpha value is -2.12. The van der Waals surface area contributed by atoms with Crippen LogP contribution in [0.25, 0.3) is 0 Å². The quantitative estimate of drug-likeness (QED) is 0.601. The first-order valence-electron chi connectivity index (χ1n) is 10.1. The van der Waals surface area contributed by atoms with E-state index in [1.807, 2.05) is 0 Å². The van der Waals surface area contributed by atoms with E-state index in [1.165, 1.54) is 4.90 Å². The lowest BCUT2D eigenvalue weighted by molar-refractivity contribution is -0.132. The molecule has 1 aliphatic heterocycles. The Kier molecular flexibility index (Phi) is 6.01. The van der Waals surface area contributed by atoms with Crippen molar-refractivity contribution in [1.29, 1.82) is 0 Å². The van der Waals surface area contributed by atoms with Gasteiger partial charge in [0.2, 0.25) is 17.7 Å². The van der Waals surface area contributed by atoms with Crippen molar-refractivity contribution in [2.24, 2.45) is 5.41 Å². The molecular weight excluding hydrogens is 348 g/mol. The number of amides is 5. The first-order valence-corrected chi connectivity index (χ1v) is 10.1. The average molecular weight is 378 g/mol. The minimum atomic E-state index is -0.523. The predicted molar refractivity (Wildman–Crippen MR) is 98.6 cm³/mol. The normalized spacial score (nSPS) is 27.4. The first-order chi connectivity index (χ1) is 12.9. The second-order valence-corrected chi connectivity index (χ2v) is 8.15. The Morgan fingerprint density at radius 1 is 1.11 bits per heavy atom. The fraction of sp³-hybridized carbons (Fsp3) is 0.789. The number of nitrogens with one attached hydrogen (secondary N) is 3. The van der Waals surface area contributed by atoms with Gasteiger partial charge >= 0.3 is 6.03 Å². The van der Waals surface area contributed by atoms with Crippen molar-refractivity contribution in [1.82, 2.24) is 20.9 Å². The van der Waals surface area contributed by atoms with Gasteiger partial charge in [0.25, 0.3) is 0 Å². The summed E-state index contributed by atoms with van der Waals surface area (Å²) >= 11 is 0. The molecule has 3 fully saturated rings. The molecule has 2 saturated carbocycles. The van der Waals surface area contributed by atoms with Crippen molar-refractivity contribution in [3.05, 3.63) is 0 Å². The van der Waals surface area contributed by atoms with Crippen molar-refractivity contribution in [3.8, 4) is 0 Å². The van der Waals surface area contributed by atoms with Crippen LogP contribution in [0.15, 0.2) is 0 Å². The van der Waals surface area contributed by atoms with Crippen molar-refractivity contribution in [2.75, 3.05) is 13.1 Å². The van der Waals surface area contributed by atoms with Crippen LogP contribution in [-0.4, -0.2) is 53.8 Å². The third kappa shape index (κ3) is 4.59. The van der Waals surface area contributed by atoms with Gasteiger partial charge in [-0.3, -0.25) is 19.7 Å². The van der Waals surface area contributed by atoms with Crippen molar-refractivity contribution >= 4 is 23.8 Å². The van der Waals surface area contributed by atoms with E-state index in [-0.39, 0.29) is 48.3 Å². The molecule has 3 rings (SSSR count). The molecule has 0 bridgehead atoms. The van der Waals surface area contributed by atoms with Gasteiger partial charge in [-0.25, -0.2) is 4.79 Å². The lowest BCUT2D eigenvalue weighted by Crippen LogP contribution is -2.50. The highest BCUT2D eigenvalue weighted by atomic mass is 16.2. The Morgan fingerprint density at radius 2 is 1.78 bits per heavy atom. The van der Waals surface area contributed by atoms with Gasteiger partial charge in [0, 0.05) is 17.5 Å². The van der Waals surface area contributed by atoms with Crippen LogP contribution in [0.2, 0.25) is 0 Å². The molecule has 0 radical (unpaired) electrons. The Balaban J connectivity index is 1.47. The highest BCUT2D eigenvalue weighted by Crippen LogP contribution is 2.41. The summed E-state index contributed by atoms with van der Waals surface area (Å²) in [4.78, 5) is 49.0. The molecular formula is C19H30N4O4.